The van der Waals surface area contributed by atoms with Gasteiger partial charge in [-0.1, -0.05) is 71.1 Å². The van der Waals surface area contributed by atoms with Crippen LogP contribution in [0.3, 0.4) is 0 Å². The SMILES string of the molecule is CCCCCCCCCCCCCC(=O)COC(=O)CN.[H-].[Na+]. The van der Waals surface area contributed by atoms with Crippen molar-refractivity contribution in [1.29, 1.82) is 0 Å². The first-order valence-electron chi connectivity index (χ1n) is 8.58. The molecule has 22 heavy (non-hydrogen) atoms. The molecular formula is C17H34NNaO3. The van der Waals surface area contributed by atoms with Crippen molar-refractivity contribution in [3.05, 3.63) is 0 Å². The molecule has 0 rings (SSSR count). The molecule has 0 saturated carbocycles. The summed E-state index contributed by atoms with van der Waals surface area (Å²) in [5.41, 5.74) is 5.09. The molecule has 0 heterocycles. The van der Waals surface area contributed by atoms with E-state index in [9.17, 15) is 9.59 Å². The second-order valence-corrected chi connectivity index (χ2v) is 5.69. The smallest absolute Gasteiger partial charge is 1.00 e. The molecule has 5 heteroatoms. The number of hydrogen-bond donors (Lipinski definition) is 1. The van der Waals surface area contributed by atoms with Gasteiger partial charge in [0.1, 0.15) is 6.61 Å². The van der Waals surface area contributed by atoms with E-state index >= 15 is 0 Å². The van der Waals surface area contributed by atoms with E-state index in [-0.39, 0.29) is 49.9 Å². The van der Waals surface area contributed by atoms with Crippen molar-refractivity contribution in [1.82, 2.24) is 0 Å². The van der Waals surface area contributed by atoms with Crippen molar-refractivity contribution in [2.24, 2.45) is 5.73 Å². The van der Waals surface area contributed by atoms with Crippen LogP contribution in [0.25, 0.3) is 0 Å². The van der Waals surface area contributed by atoms with Crippen LogP contribution in [0.2, 0.25) is 0 Å². The minimum absolute atomic E-state index is 0. The molecule has 0 unspecified atom stereocenters. The second kappa shape index (κ2) is 19.1. The number of esters is 1. The molecule has 0 fully saturated rings. The molecule has 0 aromatic heterocycles. The molecule has 126 valence electrons. The van der Waals surface area contributed by atoms with E-state index in [0.717, 1.165) is 12.8 Å². The Morgan fingerprint density at radius 2 is 1.32 bits per heavy atom. The monoisotopic (exact) mass is 323 g/mol. The van der Waals surface area contributed by atoms with E-state index in [1.54, 1.807) is 0 Å². The Labute approximate surface area is 159 Å². The quantitative estimate of drug-likeness (QED) is 0.276. The van der Waals surface area contributed by atoms with Crippen LogP contribution in [-0.2, 0) is 14.3 Å². The maximum absolute atomic E-state index is 11.4. The molecule has 0 spiro atoms. The third kappa shape index (κ3) is 18.1. The minimum Gasteiger partial charge on any atom is -1.00 e. The first-order chi connectivity index (χ1) is 10.2. The summed E-state index contributed by atoms with van der Waals surface area (Å²) in [6.07, 6.45) is 14.4. The maximum atomic E-state index is 11.4. The van der Waals surface area contributed by atoms with Gasteiger partial charge in [-0.2, -0.15) is 0 Å². The number of unbranched alkanes of at least 4 members (excludes halogenated alkanes) is 10. The number of Topliss-reactive ketones (excluding diaryl/α,β-unsaturated/α-hetero) is 1. The van der Waals surface area contributed by atoms with Gasteiger partial charge in [0.25, 0.3) is 0 Å². The Morgan fingerprint density at radius 3 is 1.77 bits per heavy atom. The molecule has 0 aromatic carbocycles. The Balaban J connectivity index is -0.00000200. The molecule has 0 amide bonds. The van der Waals surface area contributed by atoms with E-state index in [1.165, 1.54) is 57.8 Å². The zero-order chi connectivity index (χ0) is 15.8. The van der Waals surface area contributed by atoms with Crippen molar-refractivity contribution in [2.45, 2.75) is 84.0 Å². The number of nitrogens with two attached hydrogens (primary N) is 1. The van der Waals surface area contributed by atoms with Crippen molar-refractivity contribution < 1.29 is 45.3 Å². The topological polar surface area (TPSA) is 69.4 Å². The van der Waals surface area contributed by atoms with Crippen molar-refractivity contribution >= 4 is 11.8 Å². The summed E-state index contributed by atoms with van der Waals surface area (Å²) < 4.78 is 4.69. The van der Waals surface area contributed by atoms with Crippen LogP contribution in [0, 0.1) is 0 Å². The van der Waals surface area contributed by atoms with Gasteiger partial charge in [-0.3, -0.25) is 9.59 Å². The molecule has 0 aromatic rings. The van der Waals surface area contributed by atoms with E-state index in [4.69, 9.17) is 5.73 Å². The van der Waals surface area contributed by atoms with Crippen LogP contribution in [-0.4, -0.2) is 24.9 Å². The van der Waals surface area contributed by atoms with E-state index in [1.807, 2.05) is 0 Å². The van der Waals surface area contributed by atoms with Gasteiger partial charge in [-0.25, -0.2) is 0 Å². The van der Waals surface area contributed by atoms with Gasteiger partial charge in [0.05, 0.1) is 6.54 Å². The first-order valence-corrected chi connectivity index (χ1v) is 8.58. The number of carbonyl (C=O) groups excluding carboxylic acids is 2. The van der Waals surface area contributed by atoms with E-state index in [0.29, 0.717) is 6.42 Å². The average molecular weight is 323 g/mol. The van der Waals surface area contributed by atoms with Crippen LogP contribution in [0.1, 0.15) is 85.4 Å². The summed E-state index contributed by atoms with van der Waals surface area (Å²) in [6, 6.07) is 0. The van der Waals surface area contributed by atoms with E-state index in [2.05, 4.69) is 11.7 Å². The molecular weight excluding hydrogens is 289 g/mol. The second-order valence-electron chi connectivity index (χ2n) is 5.69. The fraction of sp³-hybridized carbons (Fsp3) is 0.882. The van der Waals surface area contributed by atoms with Gasteiger partial charge < -0.3 is 11.9 Å². The normalized spacial score (nSPS) is 10.1. The van der Waals surface area contributed by atoms with Crippen LogP contribution >= 0.6 is 0 Å². The number of hydrogen-bond acceptors (Lipinski definition) is 4. The van der Waals surface area contributed by atoms with Crippen LogP contribution in [0.4, 0.5) is 0 Å². The summed E-state index contributed by atoms with van der Waals surface area (Å²) in [6.45, 7) is 1.96. The van der Waals surface area contributed by atoms with Crippen molar-refractivity contribution in [3.8, 4) is 0 Å². The molecule has 0 aliphatic carbocycles. The summed E-state index contributed by atoms with van der Waals surface area (Å²) in [5.74, 6) is -0.519. The molecule has 0 saturated heterocycles. The molecule has 4 nitrogen and oxygen atoms in total. The van der Waals surface area contributed by atoms with Gasteiger partial charge >= 0.3 is 35.5 Å². The third-order valence-electron chi connectivity index (χ3n) is 3.62. The summed E-state index contributed by atoms with van der Waals surface area (Å²) in [4.78, 5) is 22.2. The zero-order valence-corrected chi connectivity index (χ0v) is 16.7. The number of ketones is 1. The van der Waals surface area contributed by atoms with Crippen molar-refractivity contribution in [3.63, 3.8) is 0 Å². The van der Waals surface area contributed by atoms with E-state index < -0.39 is 5.97 Å². The van der Waals surface area contributed by atoms with Gasteiger partial charge in [-0.05, 0) is 6.42 Å². The zero-order valence-electron chi connectivity index (χ0n) is 15.7. The first kappa shape index (κ1) is 24.4. The van der Waals surface area contributed by atoms with Gasteiger partial charge in [-0.15, -0.1) is 0 Å². The Kier molecular flexibility index (Phi) is 21.2. The van der Waals surface area contributed by atoms with Gasteiger partial charge in [0, 0.05) is 6.42 Å². The largest absolute Gasteiger partial charge is 1.00 e. The number of carbonyl (C=O) groups is 2. The Hall–Kier alpha value is 0.1000. The Bertz CT molecular complexity index is 279. The molecule has 0 aliphatic rings. The summed E-state index contributed by atoms with van der Waals surface area (Å²) in [7, 11) is 0. The number of ether oxygens (including phenoxy) is 1. The van der Waals surface area contributed by atoms with Crippen LogP contribution < -0.4 is 35.3 Å². The van der Waals surface area contributed by atoms with Crippen molar-refractivity contribution in [2.75, 3.05) is 13.2 Å². The van der Waals surface area contributed by atoms with Gasteiger partial charge in [0.2, 0.25) is 0 Å². The predicted octanol–water partition coefficient (Wildman–Crippen LogP) is 0.875. The fourth-order valence-corrected chi connectivity index (χ4v) is 2.28. The Morgan fingerprint density at radius 1 is 0.864 bits per heavy atom. The predicted molar refractivity (Wildman–Crippen MR) is 87.2 cm³/mol. The molecule has 0 atom stereocenters. The summed E-state index contributed by atoms with van der Waals surface area (Å²) in [5, 5.41) is 0. The van der Waals surface area contributed by atoms with Crippen LogP contribution in [0.5, 0.6) is 0 Å². The maximum Gasteiger partial charge on any atom is 1.00 e. The fourth-order valence-electron chi connectivity index (χ4n) is 2.28. The molecule has 0 bridgehead atoms. The minimum atomic E-state index is -0.512. The standard InChI is InChI=1S/C17H33NO3.Na.H/c1-2-3-4-5-6-7-8-9-10-11-12-13-16(19)15-21-17(20)14-18;;/h2-15,18H2,1H3;;/q;+1;-1. The summed E-state index contributed by atoms with van der Waals surface area (Å²) >= 11 is 0. The molecule has 2 N–H and O–H groups in total. The number of rotatable bonds is 15. The molecule has 0 radical (unpaired) electrons. The third-order valence-corrected chi connectivity index (χ3v) is 3.62. The average Bonchev–Trinajstić information content (AvgIpc) is 2.50. The van der Waals surface area contributed by atoms with Gasteiger partial charge in [0.15, 0.2) is 5.78 Å². The molecule has 0 aliphatic heterocycles. The van der Waals surface area contributed by atoms with Crippen LogP contribution in [0.15, 0.2) is 0 Å².